The lowest BCUT2D eigenvalue weighted by molar-refractivity contribution is 0.0694. The highest BCUT2D eigenvalue weighted by molar-refractivity contribution is 7.80. The van der Waals surface area contributed by atoms with Gasteiger partial charge in [0, 0.05) is 11.9 Å². The normalized spacial score (nSPS) is 14.8. The monoisotopic (exact) mass is 398 g/mol. The summed E-state index contributed by atoms with van der Waals surface area (Å²) in [6, 6.07) is 10.4. The van der Waals surface area contributed by atoms with Crippen molar-refractivity contribution in [3.8, 4) is 11.1 Å². The van der Waals surface area contributed by atoms with Crippen LogP contribution in [0.1, 0.15) is 40.2 Å². The molecule has 2 heterocycles. The largest absolute Gasteiger partial charge is 0.477 e. The Kier molecular flexibility index (Phi) is 4.52. The fourth-order valence-electron chi connectivity index (χ4n) is 3.59. The van der Waals surface area contributed by atoms with Gasteiger partial charge < -0.3 is 5.11 Å². The van der Waals surface area contributed by atoms with Gasteiger partial charge in [-0.1, -0.05) is 12.1 Å². The fraction of sp³-hybridized carbons (Fsp3) is 0.200. The molecule has 1 aliphatic carbocycles. The van der Waals surface area contributed by atoms with Gasteiger partial charge in [-0.2, -0.15) is 0 Å². The van der Waals surface area contributed by atoms with E-state index >= 15 is 0 Å². The topological polar surface area (TPSA) is 108 Å². The molecular formula is C20H18N2O5S. The Morgan fingerprint density at radius 1 is 1.21 bits per heavy atom. The standard InChI is InChI=1S/C20H18N2O5S/c1-11-15(12-4-6-14(7-5-12)21-28(26)27)8-9-22-18(11)16(13-2-3-13)10-17(19(22)23)20(24)25/h4-10,13,21H,2-3H2,1H3,(H,24,25)(H,26,27). The van der Waals surface area contributed by atoms with E-state index in [1.165, 1.54) is 10.5 Å². The molecule has 1 atom stereocenters. The summed E-state index contributed by atoms with van der Waals surface area (Å²) >= 11 is -2.14. The number of carbonyl (C=O) groups is 1. The van der Waals surface area contributed by atoms with Crippen molar-refractivity contribution in [2.45, 2.75) is 25.7 Å². The molecule has 1 aromatic carbocycles. The lowest BCUT2D eigenvalue weighted by Crippen LogP contribution is -2.23. The third kappa shape index (κ3) is 3.21. The van der Waals surface area contributed by atoms with Crippen molar-refractivity contribution in [1.29, 1.82) is 0 Å². The Balaban J connectivity index is 1.90. The number of aryl methyl sites for hydroxylation is 1. The number of rotatable bonds is 5. The summed E-state index contributed by atoms with van der Waals surface area (Å²) in [5.41, 5.74) is 4.13. The van der Waals surface area contributed by atoms with Crippen LogP contribution in [0.4, 0.5) is 5.69 Å². The van der Waals surface area contributed by atoms with E-state index in [-0.39, 0.29) is 11.5 Å². The maximum atomic E-state index is 12.6. The summed E-state index contributed by atoms with van der Waals surface area (Å²) in [4.78, 5) is 24.1. The fourth-order valence-corrected chi connectivity index (χ4v) is 3.92. The molecule has 144 valence electrons. The summed E-state index contributed by atoms with van der Waals surface area (Å²) in [5.74, 6) is -0.943. The Morgan fingerprint density at radius 3 is 2.46 bits per heavy atom. The molecule has 4 rings (SSSR count). The van der Waals surface area contributed by atoms with Gasteiger partial charge in [-0.25, -0.2) is 9.00 Å². The first kappa shape index (κ1) is 18.4. The van der Waals surface area contributed by atoms with Crippen LogP contribution in [0.25, 0.3) is 16.6 Å². The van der Waals surface area contributed by atoms with E-state index in [1.54, 1.807) is 24.4 Å². The second kappa shape index (κ2) is 6.88. The highest BCUT2D eigenvalue weighted by atomic mass is 32.2. The number of carboxylic acid groups (broad SMARTS) is 1. The average Bonchev–Trinajstić information content (AvgIpc) is 3.48. The van der Waals surface area contributed by atoms with E-state index in [2.05, 4.69) is 4.72 Å². The zero-order chi connectivity index (χ0) is 20.0. The van der Waals surface area contributed by atoms with E-state index in [9.17, 15) is 18.9 Å². The number of anilines is 1. The summed E-state index contributed by atoms with van der Waals surface area (Å²) in [6.45, 7) is 1.92. The second-order valence-electron chi connectivity index (χ2n) is 6.90. The molecule has 28 heavy (non-hydrogen) atoms. The predicted octanol–water partition coefficient (Wildman–Crippen LogP) is 3.40. The summed E-state index contributed by atoms with van der Waals surface area (Å²) < 4.78 is 23.6. The number of pyridine rings is 2. The molecule has 7 nitrogen and oxygen atoms in total. The van der Waals surface area contributed by atoms with Crippen LogP contribution in [-0.2, 0) is 11.3 Å². The van der Waals surface area contributed by atoms with Gasteiger partial charge in [-0.05, 0) is 72.2 Å². The zero-order valence-electron chi connectivity index (χ0n) is 15.0. The molecule has 0 bridgehead atoms. The maximum absolute atomic E-state index is 12.6. The van der Waals surface area contributed by atoms with Gasteiger partial charge in [0.25, 0.3) is 16.8 Å². The molecule has 8 heteroatoms. The lowest BCUT2D eigenvalue weighted by Gasteiger charge is -2.15. The van der Waals surface area contributed by atoms with Crippen molar-refractivity contribution in [3.05, 3.63) is 69.6 Å². The van der Waals surface area contributed by atoms with Gasteiger partial charge in [0.2, 0.25) is 0 Å². The van der Waals surface area contributed by atoms with Crippen molar-refractivity contribution < 1.29 is 18.7 Å². The molecule has 1 aliphatic rings. The second-order valence-corrected chi connectivity index (χ2v) is 7.60. The summed E-state index contributed by atoms with van der Waals surface area (Å²) in [6.07, 6.45) is 3.58. The Labute approximate surface area is 163 Å². The smallest absolute Gasteiger partial charge is 0.341 e. The highest BCUT2D eigenvalue weighted by Crippen LogP contribution is 2.43. The van der Waals surface area contributed by atoms with Crippen molar-refractivity contribution >= 4 is 28.4 Å². The summed E-state index contributed by atoms with van der Waals surface area (Å²) in [5, 5.41) is 9.38. The van der Waals surface area contributed by atoms with Crippen LogP contribution in [0.3, 0.4) is 0 Å². The molecule has 3 aromatic rings. The zero-order valence-corrected chi connectivity index (χ0v) is 15.8. The number of carboxylic acids is 1. The Hall–Kier alpha value is -2.97. The third-order valence-corrected chi connectivity index (χ3v) is 5.47. The molecule has 1 fully saturated rings. The van der Waals surface area contributed by atoms with Gasteiger partial charge in [-0.15, -0.1) is 0 Å². The highest BCUT2D eigenvalue weighted by Gasteiger charge is 2.29. The van der Waals surface area contributed by atoms with Crippen LogP contribution in [-0.4, -0.2) is 24.2 Å². The lowest BCUT2D eigenvalue weighted by atomic mass is 9.96. The van der Waals surface area contributed by atoms with Crippen LogP contribution in [0.5, 0.6) is 0 Å². The minimum absolute atomic E-state index is 0.209. The average molecular weight is 398 g/mol. The van der Waals surface area contributed by atoms with Crippen molar-refractivity contribution in [2.24, 2.45) is 0 Å². The van der Waals surface area contributed by atoms with Crippen LogP contribution in [0.15, 0.2) is 47.4 Å². The quantitative estimate of drug-likeness (QED) is 0.571. The molecule has 0 radical (unpaired) electrons. The molecule has 1 saturated carbocycles. The number of aromatic carboxylic acids is 1. The van der Waals surface area contributed by atoms with Crippen molar-refractivity contribution in [1.82, 2.24) is 4.40 Å². The van der Waals surface area contributed by atoms with Gasteiger partial charge in [0.15, 0.2) is 0 Å². The van der Waals surface area contributed by atoms with Gasteiger partial charge in [-0.3, -0.25) is 18.5 Å². The van der Waals surface area contributed by atoms with Crippen molar-refractivity contribution in [3.63, 3.8) is 0 Å². The first-order valence-electron chi connectivity index (χ1n) is 8.77. The number of aromatic nitrogens is 1. The third-order valence-electron chi connectivity index (χ3n) is 5.06. The molecular weight excluding hydrogens is 380 g/mol. The van der Waals surface area contributed by atoms with Gasteiger partial charge in [0.05, 0.1) is 5.52 Å². The Bertz CT molecular complexity index is 1180. The summed E-state index contributed by atoms with van der Waals surface area (Å²) in [7, 11) is 0. The van der Waals surface area contributed by atoms with Gasteiger partial charge in [0.1, 0.15) is 5.56 Å². The number of nitrogens with zero attached hydrogens (tertiary/aromatic N) is 1. The maximum Gasteiger partial charge on any atom is 0.341 e. The molecule has 0 saturated heterocycles. The molecule has 3 N–H and O–H groups in total. The van der Waals surface area contributed by atoms with E-state index in [0.717, 1.165) is 40.6 Å². The van der Waals surface area contributed by atoms with Crippen LogP contribution in [0.2, 0.25) is 0 Å². The first-order valence-corrected chi connectivity index (χ1v) is 9.87. The molecule has 1 unspecified atom stereocenters. The van der Waals surface area contributed by atoms with Crippen LogP contribution in [0, 0.1) is 6.92 Å². The van der Waals surface area contributed by atoms with E-state index in [0.29, 0.717) is 5.69 Å². The molecule has 2 aromatic heterocycles. The molecule has 0 spiro atoms. The van der Waals surface area contributed by atoms with Crippen LogP contribution < -0.4 is 10.3 Å². The van der Waals surface area contributed by atoms with E-state index < -0.39 is 22.8 Å². The molecule has 0 amide bonds. The van der Waals surface area contributed by atoms with Gasteiger partial charge >= 0.3 is 5.97 Å². The number of benzene rings is 1. The SMILES string of the molecule is Cc1c(-c2ccc(NS(=O)O)cc2)ccn2c(=O)c(C(=O)O)cc(C3CC3)c12. The van der Waals surface area contributed by atoms with Crippen molar-refractivity contribution in [2.75, 3.05) is 4.72 Å². The molecule has 0 aliphatic heterocycles. The minimum atomic E-state index is -2.14. The van der Waals surface area contributed by atoms with Crippen LogP contribution >= 0.6 is 0 Å². The van der Waals surface area contributed by atoms with E-state index in [1.807, 2.05) is 19.1 Å². The number of hydrogen-bond acceptors (Lipinski definition) is 3. The Morgan fingerprint density at radius 2 is 1.89 bits per heavy atom. The predicted molar refractivity (Wildman–Crippen MR) is 107 cm³/mol. The number of hydrogen-bond donors (Lipinski definition) is 3. The number of nitrogens with one attached hydrogen (secondary N) is 1. The number of fused-ring (bicyclic) bond motifs is 1. The van der Waals surface area contributed by atoms with E-state index in [4.69, 9.17) is 4.55 Å². The first-order chi connectivity index (χ1) is 13.4. The minimum Gasteiger partial charge on any atom is -0.477 e.